The maximum absolute atomic E-state index is 12.1. The number of hydrogen-bond acceptors (Lipinski definition) is 5. The molecule has 2 heterocycles. The third-order valence-electron chi connectivity index (χ3n) is 4.98. The van der Waals surface area contributed by atoms with E-state index in [0.717, 1.165) is 24.2 Å². The van der Waals surface area contributed by atoms with Crippen LogP contribution in [0, 0.1) is 22.2 Å². The predicted molar refractivity (Wildman–Crippen MR) is 92.0 cm³/mol. The first-order valence-electron chi connectivity index (χ1n) is 8.56. The number of nitrogens with zero attached hydrogens (tertiary/aromatic N) is 3. The van der Waals surface area contributed by atoms with Crippen LogP contribution in [-0.4, -0.2) is 41.8 Å². The SMILES string of the molecule is COc1ccncc1CC1(C#N)CC2(CN(C(=O)OC(C)(C)C)C2)C1. The number of ether oxygens (including phenoxy) is 2. The summed E-state index contributed by atoms with van der Waals surface area (Å²) < 4.78 is 10.8. The van der Waals surface area contributed by atoms with E-state index >= 15 is 0 Å². The second-order valence-electron chi connectivity index (χ2n) is 8.45. The van der Waals surface area contributed by atoms with E-state index in [1.807, 2.05) is 26.8 Å². The fraction of sp³-hybridized carbons (Fsp3) is 0.632. The number of rotatable bonds is 3. The average molecular weight is 343 g/mol. The molecule has 0 bridgehead atoms. The van der Waals surface area contributed by atoms with Crippen molar-refractivity contribution in [1.29, 1.82) is 5.26 Å². The largest absolute Gasteiger partial charge is 0.496 e. The summed E-state index contributed by atoms with van der Waals surface area (Å²) in [6.45, 7) is 6.95. The van der Waals surface area contributed by atoms with E-state index in [-0.39, 0.29) is 11.5 Å². The Morgan fingerprint density at radius 3 is 2.64 bits per heavy atom. The zero-order valence-electron chi connectivity index (χ0n) is 15.3. The second kappa shape index (κ2) is 5.91. The molecule has 1 saturated carbocycles. The summed E-state index contributed by atoms with van der Waals surface area (Å²) in [6, 6.07) is 4.32. The second-order valence-corrected chi connectivity index (χ2v) is 8.45. The van der Waals surface area contributed by atoms with Crippen LogP contribution in [0.25, 0.3) is 0 Å². The fourth-order valence-electron chi connectivity index (χ4n) is 4.18. The summed E-state index contributed by atoms with van der Waals surface area (Å²) >= 11 is 0. The van der Waals surface area contributed by atoms with Gasteiger partial charge in [-0.05, 0) is 46.1 Å². The van der Waals surface area contributed by atoms with Gasteiger partial charge in [0.15, 0.2) is 0 Å². The zero-order chi connectivity index (χ0) is 18.3. The molecular formula is C19H25N3O3. The monoisotopic (exact) mass is 343 g/mol. The van der Waals surface area contributed by atoms with E-state index in [4.69, 9.17) is 9.47 Å². The Hall–Kier alpha value is -2.29. The van der Waals surface area contributed by atoms with E-state index in [0.29, 0.717) is 19.5 Å². The third-order valence-corrected chi connectivity index (χ3v) is 4.98. The van der Waals surface area contributed by atoms with E-state index in [9.17, 15) is 10.1 Å². The summed E-state index contributed by atoms with van der Waals surface area (Å²) in [5.74, 6) is 0.773. The van der Waals surface area contributed by atoms with Crippen molar-refractivity contribution in [3.8, 4) is 11.8 Å². The molecule has 1 aromatic rings. The number of carbonyl (C=O) groups is 1. The Morgan fingerprint density at radius 1 is 1.40 bits per heavy atom. The number of likely N-dealkylation sites (tertiary alicyclic amines) is 1. The van der Waals surface area contributed by atoms with Gasteiger partial charge >= 0.3 is 6.09 Å². The lowest BCUT2D eigenvalue weighted by Crippen LogP contribution is -2.67. The summed E-state index contributed by atoms with van der Waals surface area (Å²) in [4.78, 5) is 18.0. The Kier molecular flexibility index (Phi) is 4.14. The van der Waals surface area contributed by atoms with E-state index in [1.54, 1.807) is 24.4 Å². The molecule has 1 aliphatic heterocycles. The Balaban J connectivity index is 1.59. The lowest BCUT2D eigenvalue weighted by Gasteiger charge is -2.61. The van der Waals surface area contributed by atoms with Gasteiger partial charge in [-0.25, -0.2) is 4.79 Å². The van der Waals surface area contributed by atoms with Crippen LogP contribution in [0.1, 0.15) is 39.2 Å². The molecular weight excluding hydrogens is 318 g/mol. The van der Waals surface area contributed by atoms with E-state index < -0.39 is 11.0 Å². The van der Waals surface area contributed by atoms with Crippen molar-refractivity contribution in [3.63, 3.8) is 0 Å². The van der Waals surface area contributed by atoms with Gasteiger partial charge in [0.1, 0.15) is 11.4 Å². The van der Waals surface area contributed by atoms with Crippen molar-refractivity contribution in [2.24, 2.45) is 10.8 Å². The Morgan fingerprint density at radius 2 is 2.08 bits per heavy atom. The number of amides is 1. The number of methoxy groups -OCH3 is 1. The van der Waals surface area contributed by atoms with Gasteiger partial charge in [-0.3, -0.25) is 4.98 Å². The maximum Gasteiger partial charge on any atom is 0.410 e. The van der Waals surface area contributed by atoms with Crippen molar-refractivity contribution in [3.05, 3.63) is 24.0 Å². The number of nitriles is 1. The molecule has 1 amide bonds. The van der Waals surface area contributed by atoms with Crippen molar-refractivity contribution >= 4 is 6.09 Å². The van der Waals surface area contributed by atoms with Gasteiger partial charge in [0.05, 0.1) is 18.6 Å². The topological polar surface area (TPSA) is 75.5 Å². The first kappa shape index (κ1) is 17.5. The lowest BCUT2D eigenvalue weighted by molar-refractivity contribution is -0.118. The quantitative estimate of drug-likeness (QED) is 0.842. The minimum absolute atomic E-state index is 0.0715. The lowest BCUT2D eigenvalue weighted by atomic mass is 9.49. The molecule has 134 valence electrons. The first-order valence-corrected chi connectivity index (χ1v) is 8.56. The summed E-state index contributed by atoms with van der Waals surface area (Å²) in [6.07, 6.45) is 5.43. The van der Waals surface area contributed by atoms with Gasteiger partial charge < -0.3 is 14.4 Å². The third kappa shape index (κ3) is 3.41. The van der Waals surface area contributed by atoms with Gasteiger partial charge in [0.25, 0.3) is 0 Å². The molecule has 1 spiro atoms. The van der Waals surface area contributed by atoms with Crippen LogP contribution in [0.15, 0.2) is 18.5 Å². The highest BCUT2D eigenvalue weighted by Gasteiger charge is 2.61. The molecule has 3 rings (SSSR count). The molecule has 1 saturated heterocycles. The van der Waals surface area contributed by atoms with E-state index in [2.05, 4.69) is 11.1 Å². The molecule has 6 heteroatoms. The first-order chi connectivity index (χ1) is 11.7. The zero-order valence-corrected chi connectivity index (χ0v) is 15.3. The van der Waals surface area contributed by atoms with Crippen LogP contribution >= 0.6 is 0 Å². The van der Waals surface area contributed by atoms with Crippen molar-refractivity contribution < 1.29 is 14.3 Å². The normalized spacial score (nSPS) is 20.2. The van der Waals surface area contributed by atoms with Crippen LogP contribution in [0.2, 0.25) is 0 Å². The molecule has 0 unspecified atom stereocenters. The van der Waals surface area contributed by atoms with Gasteiger partial charge in [-0.1, -0.05) is 0 Å². The predicted octanol–water partition coefficient (Wildman–Crippen LogP) is 3.17. The van der Waals surface area contributed by atoms with Gasteiger partial charge in [-0.2, -0.15) is 5.26 Å². The van der Waals surface area contributed by atoms with Gasteiger partial charge in [-0.15, -0.1) is 0 Å². The van der Waals surface area contributed by atoms with Crippen LogP contribution in [-0.2, 0) is 11.2 Å². The molecule has 0 radical (unpaired) electrons. The van der Waals surface area contributed by atoms with E-state index in [1.165, 1.54) is 0 Å². The number of hydrogen-bond donors (Lipinski definition) is 0. The Labute approximate surface area is 148 Å². The molecule has 25 heavy (non-hydrogen) atoms. The summed E-state index contributed by atoms with van der Waals surface area (Å²) in [5, 5.41) is 9.72. The highest BCUT2D eigenvalue weighted by Crippen LogP contribution is 2.60. The van der Waals surface area contributed by atoms with Crippen LogP contribution in [0.4, 0.5) is 4.79 Å². The molecule has 0 N–H and O–H groups in total. The van der Waals surface area contributed by atoms with Gasteiger partial charge in [0.2, 0.25) is 0 Å². The molecule has 2 fully saturated rings. The summed E-state index contributed by atoms with van der Waals surface area (Å²) in [7, 11) is 1.63. The maximum atomic E-state index is 12.1. The minimum atomic E-state index is -0.479. The van der Waals surface area contributed by atoms with Crippen molar-refractivity contribution in [2.75, 3.05) is 20.2 Å². The molecule has 2 aliphatic rings. The molecule has 0 atom stereocenters. The van der Waals surface area contributed by atoms with Crippen molar-refractivity contribution in [1.82, 2.24) is 9.88 Å². The number of carbonyl (C=O) groups excluding carboxylic acids is 1. The smallest absolute Gasteiger partial charge is 0.410 e. The van der Waals surface area contributed by atoms with Gasteiger partial charge in [0, 0.05) is 36.5 Å². The number of aromatic nitrogens is 1. The highest BCUT2D eigenvalue weighted by atomic mass is 16.6. The molecule has 6 nitrogen and oxygen atoms in total. The fourth-order valence-corrected chi connectivity index (χ4v) is 4.18. The molecule has 1 aromatic heterocycles. The van der Waals surface area contributed by atoms with Crippen LogP contribution in [0.3, 0.4) is 0 Å². The van der Waals surface area contributed by atoms with Crippen LogP contribution in [0.5, 0.6) is 5.75 Å². The van der Waals surface area contributed by atoms with Crippen LogP contribution < -0.4 is 4.74 Å². The number of pyridine rings is 1. The minimum Gasteiger partial charge on any atom is -0.496 e. The summed E-state index contributed by atoms with van der Waals surface area (Å²) in [5.41, 5.74) is 0.162. The average Bonchev–Trinajstić information content (AvgIpc) is 2.46. The van der Waals surface area contributed by atoms with Crippen molar-refractivity contribution in [2.45, 2.75) is 45.6 Å². The molecule has 1 aliphatic carbocycles. The standard InChI is InChI=1S/C19H25N3O3/c1-17(2,3)25-16(23)22-12-19(13-22)9-18(10-19,11-20)7-14-8-21-6-5-15(14)24-4/h5-6,8H,7,9-10,12-13H2,1-4H3. The Bertz CT molecular complexity index is 703. The highest BCUT2D eigenvalue weighted by molar-refractivity contribution is 5.69. The molecule has 0 aromatic carbocycles.